The monoisotopic (exact) mass is 307 g/mol. The highest BCUT2D eigenvalue weighted by atomic mass is 32.3. The molecule has 0 unspecified atom stereocenters. The van der Waals surface area contributed by atoms with Gasteiger partial charge in [0.05, 0.1) is 0 Å². The zero-order valence-corrected chi connectivity index (χ0v) is 11.9. The van der Waals surface area contributed by atoms with E-state index in [1.54, 1.807) is 13.0 Å². The van der Waals surface area contributed by atoms with Crippen LogP contribution in [0.4, 0.5) is 11.8 Å². The molecule has 1 fully saturated rings. The minimum Gasteiger partial charge on any atom is -0.341 e. The van der Waals surface area contributed by atoms with Gasteiger partial charge in [-0.05, 0) is 11.7 Å². The Hall–Kier alpha value is -1.26. The summed E-state index contributed by atoms with van der Waals surface area (Å²) in [5.74, 6) is 2.56. The van der Waals surface area contributed by atoms with E-state index in [-0.39, 0.29) is 5.95 Å². The zero-order chi connectivity index (χ0) is 14.0. The topological polar surface area (TPSA) is 110 Å². The van der Waals surface area contributed by atoms with E-state index in [1.807, 2.05) is 11.8 Å². The van der Waals surface area contributed by atoms with Gasteiger partial charge in [0.15, 0.2) is 0 Å². The zero-order valence-electron chi connectivity index (χ0n) is 10.3. The Morgan fingerprint density at radius 1 is 1.53 bits per heavy atom. The van der Waals surface area contributed by atoms with Crippen LogP contribution in [0.25, 0.3) is 0 Å². The lowest BCUT2D eigenvalue weighted by molar-refractivity contribution is -0.851. The largest absolute Gasteiger partial charge is 0.476 e. The fourth-order valence-electron chi connectivity index (χ4n) is 1.77. The number of thioether (sulfide) groups is 1. The molecule has 0 spiro atoms. The maximum atomic E-state index is 10.7. The van der Waals surface area contributed by atoms with E-state index in [9.17, 15) is 8.42 Å². The van der Waals surface area contributed by atoms with Gasteiger partial charge in [-0.25, -0.2) is 4.28 Å². The van der Waals surface area contributed by atoms with E-state index >= 15 is 0 Å². The highest BCUT2D eigenvalue weighted by molar-refractivity contribution is 7.99. The summed E-state index contributed by atoms with van der Waals surface area (Å²) in [4.78, 5) is 6.17. The number of rotatable bonds is 3. The van der Waals surface area contributed by atoms with Crippen LogP contribution in [0.2, 0.25) is 0 Å². The Kier molecular flexibility index (Phi) is 4.02. The summed E-state index contributed by atoms with van der Waals surface area (Å²) in [5, 5.41) is 0. The van der Waals surface area contributed by atoms with E-state index in [1.165, 1.54) is 0 Å². The molecule has 1 saturated heterocycles. The molecule has 1 aliphatic rings. The van der Waals surface area contributed by atoms with Crippen molar-refractivity contribution in [3.05, 3.63) is 11.8 Å². The molecule has 1 aromatic rings. The summed E-state index contributed by atoms with van der Waals surface area (Å²) in [6, 6.07) is 1.66. The molecule has 0 atom stereocenters. The fourth-order valence-corrected chi connectivity index (χ4v) is 3.05. The van der Waals surface area contributed by atoms with E-state index in [2.05, 4.69) is 14.2 Å². The third-order valence-electron chi connectivity index (χ3n) is 2.60. The van der Waals surface area contributed by atoms with Crippen LogP contribution < -0.4 is 19.6 Å². The predicted octanol–water partition coefficient (Wildman–Crippen LogP) is -0.956. The van der Waals surface area contributed by atoms with Crippen molar-refractivity contribution in [3.63, 3.8) is 0 Å². The molecule has 3 N–H and O–H groups in total. The normalized spacial score (nSPS) is 16.4. The summed E-state index contributed by atoms with van der Waals surface area (Å²) in [6.07, 6.45) is 0. The number of aryl methyl sites for hydroxylation is 1. The summed E-state index contributed by atoms with van der Waals surface area (Å²) in [5.41, 5.74) is 6.08. The lowest BCUT2D eigenvalue weighted by Gasteiger charge is -2.25. The number of nitrogens with zero attached hydrogens (tertiary/aromatic N) is 3. The predicted molar refractivity (Wildman–Crippen MR) is 71.2 cm³/mol. The quantitative estimate of drug-likeness (QED) is 0.543. The molecule has 10 heteroatoms. The number of nitrogen functional groups attached to an aromatic ring is 1. The third kappa shape index (κ3) is 3.61. The van der Waals surface area contributed by atoms with E-state index < -0.39 is 10.4 Å². The van der Waals surface area contributed by atoms with Crippen LogP contribution in [0, 0.1) is 6.92 Å². The molecule has 1 aromatic heterocycles. The molecular weight excluding hydrogens is 292 g/mol. The second-order valence-corrected chi connectivity index (χ2v) is 6.24. The van der Waals surface area contributed by atoms with Crippen molar-refractivity contribution in [1.82, 2.24) is 4.98 Å². The second-order valence-electron chi connectivity index (χ2n) is 4.01. The molecule has 1 aliphatic heterocycles. The van der Waals surface area contributed by atoms with Gasteiger partial charge < -0.3 is 4.90 Å². The average Bonchev–Trinajstić information content (AvgIpc) is 2.33. The second kappa shape index (κ2) is 5.39. The molecule has 0 aliphatic carbocycles. The summed E-state index contributed by atoms with van der Waals surface area (Å²) in [7, 11) is -4.63. The smallest absolute Gasteiger partial charge is 0.341 e. The van der Waals surface area contributed by atoms with Gasteiger partial charge in [0, 0.05) is 30.7 Å². The van der Waals surface area contributed by atoms with Crippen LogP contribution in [0.1, 0.15) is 5.69 Å². The van der Waals surface area contributed by atoms with Gasteiger partial charge in [-0.3, -0.25) is 10.3 Å². The maximum Gasteiger partial charge on any atom is 0.476 e. The first-order valence-electron chi connectivity index (χ1n) is 5.56. The first kappa shape index (κ1) is 14.2. The molecule has 0 radical (unpaired) electrons. The lowest BCUT2D eigenvalue weighted by atomic mass is 10.4. The Labute approximate surface area is 115 Å². The molecule has 0 saturated carbocycles. The van der Waals surface area contributed by atoms with Crippen molar-refractivity contribution in [2.45, 2.75) is 6.92 Å². The van der Waals surface area contributed by atoms with Crippen LogP contribution in [0.5, 0.6) is 0 Å². The number of hydrogen-bond acceptors (Lipinski definition) is 7. The Morgan fingerprint density at radius 3 is 2.68 bits per heavy atom. The molecule has 19 heavy (non-hydrogen) atoms. The van der Waals surface area contributed by atoms with Gasteiger partial charge >= 0.3 is 16.3 Å². The number of aromatic nitrogens is 2. The first-order chi connectivity index (χ1) is 8.87. The Bertz CT molecular complexity index is 549. The highest BCUT2D eigenvalue weighted by Crippen LogP contribution is 2.17. The van der Waals surface area contributed by atoms with Crippen molar-refractivity contribution in [1.29, 1.82) is 0 Å². The van der Waals surface area contributed by atoms with E-state index in [0.717, 1.165) is 29.3 Å². The van der Waals surface area contributed by atoms with Gasteiger partial charge in [-0.2, -0.15) is 20.2 Å². The number of hydrogen-bond donors (Lipinski definition) is 2. The molecule has 0 bridgehead atoms. The van der Waals surface area contributed by atoms with Gasteiger partial charge in [-0.15, -0.1) is 0 Å². The van der Waals surface area contributed by atoms with Gasteiger partial charge in [0.2, 0.25) is 5.82 Å². The average molecular weight is 307 g/mol. The summed E-state index contributed by atoms with van der Waals surface area (Å²) in [6.45, 7) is 3.34. The van der Waals surface area contributed by atoms with Crippen molar-refractivity contribution in [2.75, 3.05) is 35.2 Å². The van der Waals surface area contributed by atoms with Crippen molar-refractivity contribution in [2.24, 2.45) is 0 Å². The molecular formula is C9H15N4O4S2+. The maximum absolute atomic E-state index is 10.7. The molecule has 0 aromatic carbocycles. The molecule has 2 heterocycles. The standard InChI is InChI=1S/C9H14N4O4S2/c1-7-6-8(12-2-4-18-5-3-12)11-9(10)13(7)17-19(14,15)16/h6,10H,2-5H2,1H3,(H,14,15,16)/p+1. The lowest BCUT2D eigenvalue weighted by Crippen LogP contribution is -2.51. The molecule has 2 rings (SSSR count). The summed E-state index contributed by atoms with van der Waals surface area (Å²) < 4.78 is 35.2. The van der Waals surface area contributed by atoms with Gasteiger partial charge in [-0.1, -0.05) is 4.98 Å². The van der Waals surface area contributed by atoms with E-state index in [0.29, 0.717) is 11.5 Å². The van der Waals surface area contributed by atoms with Gasteiger partial charge in [0.25, 0.3) is 0 Å². The fraction of sp³-hybridized carbons (Fsp3) is 0.556. The minimum absolute atomic E-state index is 0.133. The van der Waals surface area contributed by atoms with Crippen LogP contribution in [-0.2, 0) is 10.4 Å². The van der Waals surface area contributed by atoms with Crippen LogP contribution >= 0.6 is 11.8 Å². The molecule has 106 valence electrons. The molecule has 8 nitrogen and oxygen atoms in total. The van der Waals surface area contributed by atoms with Gasteiger partial charge in [0.1, 0.15) is 5.69 Å². The van der Waals surface area contributed by atoms with Crippen molar-refractivity contribution >= 4 is 33.9 Å². The Balaban J connectivity index is 2.30. The first-order valence-corrected chi connectivity index (χ1v) is 8.08. The number of nitrogens with two attached hydrogens (primary N) is 1. The minimum atomic E-state index is -4.63. The van der Waals surface area contributed by atoms with Crippen molar-refractivity contribution in [3.8, 4) is 0 Å². The van der Waals surface area contributed by atoms with Crippen LogP contribution in [0.3, 0.4) is 0 Å². The third-order valence-corrected chi connectivity index (χ3v) is 3.88. The highest BCUT2D eigenvalue weighted by Gasteiger charge is 2.23. The number of anilines is 2. The Morgan fingerprint density at radius 2 is 2.16 bits per heavy atom. The van der Waals surface area contributed by atoms with Crippen LogP contribution in [0.15, 0.2) is 6.07 Å². The summed E-state index contributed by atoms with van der Waals surface area (Å²) >= 11 is 1.87. The van der Waals surface area contributed by atoms with E-state index in [4.69, 9.17) is 10.3 Å². The SMILES string of the molecule is Cc1cc(N2CCSCC2)nc(N)[n+]1OS(=O)(=O)O. The molecule has 0 amide bonds. The van der Waals surface area contributed by atoms with Crippen LogP contribution in [-0.4, -0.2) is 42.5 Å². The van der Waals surface area contributed by atoms with Crippen molar-refractivity contribution < 1.29 is 22.0 Å².